The molecule has 0 amide bonds. The van der Waals surface area contributed by atoms with E-state index in [1.807, 2.05) is 0 Å². The minimum absolute atomic E-state index is 0.835. The number of aryl methyl sites for hydroxylation is 1. The number of hydrogen-bond donors (Lipinski definition) is 1. The van der Waals surface area contributed by atoms with Gasteiger partial charge < -0.3 is 14.6 Å². The van der Waals surface area contributed by atoms with Crippen LogP contribution in [0.5, 0.6) is 0 Å². The number of ether oxygens (including phenoxy) is 1. The smallest absolute Gasteiger partial charge is 0.0474 e. The molecule has 1 N–H and O–H groups in total. The summed E-state index contributed by atoms with van der Waals surface area (Å²) in [6.07, 6.45) is 3.45. The highest BCUT2D eigenvalue weighted by Gasteiger charge is 2.02. The zero-order valence-corrected chi connectivity index (χ0v) is 10.8. The van der Waals surface area contributed by atoms with E-state index in [1.54, 1.807) is 7.11 Å². The molecule has 0 saturated carbocycles. The molecule has 3 nitrogen and oxygen atoms in total. The summed E-state index contributed by atoms with van der Waals surface area (Å²) in [6, 6.07) is 4.45. The van der Waals surface area contributed by atoms with Gasteiger partial charge in [0, 0.05) is 38.7 Å². The second-order valence-corrected chi connectivity index (χ2v) is 4.15. The predicted molar refractivity (Wildman–Crippen MR) is 67.6 cm³/mol. The van der Waals surface area contributed by atoms with Gasteiger partial charge in [0.05, 0.1) is 0 Å². The standard InChI is InChI=1S/C13H24N2O/c1-4-6-12-7-8-13(15(12)2)11-14-9-5-10-16-3/h7-8,14H,4-6,9-11H2,1-3H3. The van der Waals surface area contributed by atoms with E-state index >= 15 is 0 Å². The van der Waals surface area contributed by atoms with Crippen molar-refractivity contribution in [2.45, 2.75) is 32.7 Å². The normalized spacial score (nSPS) is 10.9. The monoisotopic (exact) mass is 224 g/mol. The lowest BCUT2D eigenvalue weighted by Crippen LogP contribution is -2.18. The SMILES string of the molecule is CCCc1ccc(CNCCCOC)n1C. The minimum Gasteiger partial charge on any atom is -0.385 e. The van der Waals surface area contributed by atoms with Crippen molar-refractivity contribution < 1.29 is 4.74 Å². The van der Waals surface area contributed by atoms with Crippen molar-refractivity contribution in [3.63, 3.8) is 0 Å². The van der Waals surface area contributed by atoms with Gasteiger partial charge in [-0.25, -0.2) is 0 Å². The molecule has 0 spiro atoms. The Bertz CT molecular complexity index is 294. The number of hydrogen-bond acceptors (Lipinski definition) is 2. The molecule has 3 heteroatoms. The van der Waals surface area contributed by atoms with E-state index in [0.29, 0.717) is 0 Å². The van der Waals surface area contributed by atoms with Crippen molar-refractivity contribution in [1.29, 1.82) is 0 Å². The summed E-state index contributed by atoms with van der Waals surface area (Å²) in [4.78, 5) is 0. The summed E-state index contributed by atoms with van der Waals surface area (Å²) in [5.41, 5.74) is 2.79. The quantitative estimate of drug-likeness (QED) is 0.684. The molecular weight excluding hydrogens is 200 g/mol. The number of methoxy groups -OCH3 is 1. The molecule has 0 saturated heterocycles. The molecule has 1 heterocycles. The van der Waals surface area contributed by atoms with Crippen molar-refractivity contribution in [1.82, 2.24) is 9.88 Å². The van der Waals surface area contributed by atoms with Crippen LogP contribution in [-0.4, -0.2) is 24.8 Å². The maximum atomic E-state index is 5.01. The lowest BCUT2D eigenvalue weighted by Gasteiger charge is -2.08. The molecule has 0 aromatic carbocycles. The average molecular weight is 224 g/mol. The summed E-state index contributed by atoms with van der Waals surface area (Å²) in [5, 5.41) is 3.43. The van der Waals surface area contributed by atoms with Crippen LogP contribution in [0.25, 0.3) is 0 Å². The third-order valence-corrected chi connectivity index (χ3v) is 2.84. The molecule has 0 unspecified atom stereocenters. The van der Waals surface area contributed by atoms with Crippen molar-refractivity contribution >= 4 is 0 Å². The molecule has 92 valence electrons. The average Bonchev–Trinajstić information content (AvgIpc) is 2.62. The molecule has 0 aliphatic rings. The summed E-state index contributed by atoms with van der Waals surface area (Å²) < 4.78 is 7.31. The Hall–Kier alpha value is -0.800. The second-order valence-electron chi connectivity index (χ2n) is 4.15. The van der Waals surface area contributed by atoms with E-state index in [0.717, 1.165) is 26.1 Å². The van der Waals surface area contributed by atoms with Crippen LogP contribution in [0.3, 0.4) is 0 Å². The van der Waals surface area contributed by atoms with E-state index in [9.17, 15) is 0 Å². The molecule has 1 rings (SSSR count). The highest BCUT2D eigenvalue weighted by atomic mass is 16.5. The number of aromatic nitrogens is 1. The first kappa shape index (κ1) is 13.3. The summed E-state index contributed by atoms with van der Waals surface area (Å²) in [7, 11) is 3.89. The van der Waals surface area contributed by atoms with Gasteiger partial charge in [-0.3, -0.25) is 0 Å². The molecule has 0 bridgehead atoms. The van der Waals surface area contributed by atoms with Gasteiger partial charge in [0.15, 0.2) is 0 Å². The highest BCUT2D eigenvalue weighted by Crippen LogP contribution is 2.09. The first-order valence-electron chi connectivity index (χ1n) is 6.12. The summed E-state index contributed by atoms with van der Waals surface area (Å²) in [5.74, 6) is 0. The highest BCUT2D eigenvalue weighted by molar-refractivity contribution is 5.16. The molecule has 1 aromatic heterocycles. The van der Waals surface area contributed by atoms with Crippen molar-refractivity contribution in [2.24, 2.45) is 7.05 Å². The molecule has 0 aliphatic carbocycles. The van der Waals surface area contributed by atoms with Gasteiger partial charge >= 0.3 is 0 Å². The maximum absolute atomic E-state index is 5.01. The Morgan fingerprint density at radius 1 is 1.31 bits per heavy atom. The van der Waals surface area contributed by atoms with Crippen molar-refractivity contribution in [2.75, 3.05) is 20.3 Å². The van der Waals surface area contributed by atoms with Gasteiger partial charge in [-0.15, -0.1) is 0 Å². The zero-order valence-electron chi connectivity index (χ0n) is 10.8. The van der Waals surface area contributed by atoms with Crippen LogP contribution in [0.15, 0.2) is 12.1 Å². The van der Waals surface area contributed by atoms with Crippen molar-refractivity contribution in [3.05, 3.63) is 23.5 Å². The zero-order chi connectivity index (χ0) is 11.8. The first-order chi connectivity index (χ1) is 7.79. The fraction of sp³-hybridized carbons (Fsp3) is 0.692. The third-order valence-electron chi connectivity index (χ3n) is 2.84. The maximum Gasteiger partial charge on any atom is 0.0474 e. The fourth-order valence-electron chi connectivity index (χ4n) is 1.84. The first-order valence-corrected chi connectivity index (χ1v) is 6.12. The molecule has 0 radical (unpaired) electrons. The number of nitrogens with zero attached hydrogens (tertiary/aromatic N) is 1. The van der Waals surface area contributed by atoms with Gasteiger partial charge in [0.1, 0.15) is 0 Å². The predicted octanol–water partition coefficient (Wildman–Crippen LogP) is 2.10. The number of nitrogens with one attached hydrogen (secondary N) is 1. The van der Waals surface area contributed by atoms with Crippen LogP contribution < -0.4 is 5.32 Å². The molecule has 0 aliphatic heterocycles. The van der Waals surface area contributed by atoms with Crippen LogP contribution in [0.1, 0.15) is 31.2 Å². The van der Waals surface area contributed by atoms with Gasteiger partial charge in [-0.1, -0.05) is 13.3 Å². The van der Waals surface area contributed by atoms with Crippen LogP contribution in [0.2, 0.25) is 0 Å². The minimum atomic E-state index is 0.835. The Morgan fingerprint density at radius 3 is 2.75 bits per heavy atom. The van der Waals surface area contributed by atoms with E-state index in [1.165, 1.54) is 24.2 Å². The molecule has 16 heavy (non-hydrogen) atoms. The van der Waals surface area contributed by atoms with Crippen LogP contribution in [-0.2, 0) is 24.8 Å². The lowest BCUT2D eigenvalue weighted by atomic mass is 10.2. The third kappa shape index (κ3) is 3.99. The Labute approximate surface area is 98.8 Å². The molecule has 0 atom stereocenters. The fourth-order valence-corrected chi connectivity index (χ4v) is 1.84. The van der Waals surface area contributed by atoms with Crippen LogP contribution in [0.4, 0.5) is 0 Å². The molecular formula is C13H24N2O. The largest absolute Gasteiger partial charge is 0.385 e. The van der Waals surface area contributed by atoms with Crippen molar-refractivity contribution in [3.8, 4) is 0 Å². The van der Waals surface area contributed by atoms with Gasteiger partial charge in [0.2, 0.25) is 0 Å². The number of rotatable bonds is 8. The summed E-state index contributed by atoms with van der Waals surface area (Å²) >= 11 is 0. The Morgan fingerprint density at radius 2 is 2.06 bits per heavy atom. The topological polar surface area (TPSA) is 26.2 Å². The Balaban J connectivity index is 2.31. The van der Waals surface area contributed by atoms with Gasteiger partial charge in [-0.05, 0) is 31.5 Å². The molecule has 1 aromatic rings. The lowest BCUT2D eigenvalue weighted by molar-refractivity contribution is 0.194. The van der Waals surface area contributed by atoms with Gasteiger partial charge in [0.25, 0.3) is 0 Å². The summed E-state index contributed by atoms with van der Waals surface area (Å²) in [6.45, 7) is 5.02. The second kappa shape index (κ2) is 7.47. The van der Waals surface area contributed by atoms with Gasteiger partial charge in [-0.2, -0.15) is 0 Å². The van der Waals surface area contributed by atoms with Crippen LogP contribution >= 0.6 is 0 Å². The van der Waals surface area contributed by atoms with E-state index < -0.39 is 0 Å². The van der Waals surface area contributed by atoms with Crippen LogP contribution in [0, 0.1) is 0 Å². The molecule has 0 fully saturated rings. The van der Waals surface area contributed by atoms with E-state index in [2.05, 4.69) is 36.0 Å². The van der Waals surface area contributed by atoms with E-state index in [4.69, 9.17) is 4.74 Å². The Kier molecular flexibility index (Phi) is 6.19. The van der Waals surface area contributed by atoms with E-state index in [-0.39, 0.29) is 0 Å².